The number of rotatable bonds is 27. The monoisotopic (exact) mass is 675 g/mol. The van der Waals surface area contributed by atoms with Gasteiger partial charge in [0.15, 0.2) is 0 Å². The molecule has 3 aromatic rings. The zero-order chi connectivity index (χ0) is 34.2. The van der Waals surface area contributed by atoms with E-state index in [4.69, 9.17) is 28.4 Å². The van der Waals surface area contributed by atoms with Crippen molar-refractivity contribution < 1.29 is 33.2 Å². The number of ether oxygens (including phenoxy) is 6. The summed E-state index contributed by atoms with van der Waals surface area (Å²) in [4.78, 5) is 12.3. The summed E-state index contributed by atoms with van der Waals surface area (Å²) < 4.78 is 33.7. The molecule has 0 aliphatic heterocycles. The Morgan fingerprint density at radius 3 is 1.73 bits per heavy atom. The summed E-state index contributed by atoms with van der Waals surface area (Å²) in [6.07, 6.45) is 10.8. The van der Waals surface area contributed by atoms with E-state index < -0.39 is 6.09 Å². The third kappa shape index (κ3) is 14.5. The topological polar surface area (TPSA) is 84.5 Å². The molecule has 49 heavy (non-hydrogen) atoms. The number of fused-ring (bicyclic) bond motifs is 3. The molecule has 4 rings (SSSR count). The number of benzene rings is 3. The molecule has 0 spiro atoms. The van der Waals surface area contributed by atoms with Crippen LogP contribution in [0.4, 0.5) is 4.79 Å². The molecular weight excluding hydrogens is 618 g/mol. The fourth-order valence-corrected chi connectivity index (χ4v) is 6.03. The van der Waals surface area contributed by atoms with Crippen LogP contribution < -0.4 is 10.1 Å². The van der Waals surface area contributed by atoms with Gasteiger partial charge in [-0.1, -0.05) is 106 Å². The van der Waals surface area contributed by atoms with Crippen molar-refractivity contribution in [1.82, 2.24) is 5.32 Å². The van der Waals surface area contributed by atoms with E-state index in [2.05, 4.69) is 60.8 Å². The van der Waals surface area contributed by atoms with Gasteiger partial charge in [0.2, 0.25) is 0 Å². The highest BCUT2D eigenvalue weighted by Gasteiger charge is 2.28. The van der Waals surface area contributed by atoms with E-state index >= 15 is 0 Å². The van der Waals surface area contributed by atoms with Crippen LogP contribution in [0, 0.1) is 0 Å². The first-order chi connectivity index (χ1) is 24.3. The van der Waals surface area contributed by atoms with Crippen molar-refractivity contribution >= 4 is 6.09 Å². The summed E-state index contributed by atoms with van der Waals surface area (Å²) in [5.41, 5.74) is 6.22. The van der Waals surface area contributed by atoms with Crippen molar-refractivity contribution in [3.8, 4) is 16.9 Å². The van der Waals surface area contributed by atoms with Crippen LogP contribution in [0.25, 0.3) is 11.1 Å². The van der Waals surface area contributed by atoms with Gasteiger partial charge >= 0.3 is 6.09 Å². The summed E-state index contributed by atoms with van der Waals surface area (Å²) in [5, 5.41) is 2.82. The fraction of sp³-hybridized carbons (Fsp3) is 0.537. The highest BCUT2D eigenvalue weighted by Crippen LogP contribution is 2.44. The van der Waals surface area contributed by atoms with E-state index in [1.54, 1.807) is 0 Å². The van der Waals surface area contributed by atoms with E-state index in [1.165, 1.54) is 72.8 Å². The van der Waals surface area contributed by atoms with Gasteiger partial charge in [0.1, 0.15) is 19.0 Å². The molecule has 1 N–H and O–H groups in total. The quantitative estimate of drug-likeness (QED) is 0.0814. The number of unbranched alkanes of at least 4 members (excludes halogenated alkanes) is 6. The van der Waals surface area contributed by atoms with Crippen LogP contribution in [0.15, 0.2) is 72.8 Å². The maximum absolute atomic E-state index is 12.3. The Kier molecular flexibility index (Phi) is 18.7. The van der Waals surface area contributed by atoms with Crippen LogP contribution in [0.5, 0.6) is 5.75 Å². The number of nitrogens with one attached hydrogen (secondary N) is 1. The minimum atomic E-state index is -0.404. The molecule has 0 bridgehead atoms. The number of carbonyl (C=O) groups is 1. The summed E-state index contributed by atoms with van der Waals surface area (Å²) >= 11 is 0. The van der Waals surface area contributed by atoms with Crippen LogP contribution in [0.3, 0.4) is 0 Å². The minimum absolute atomic E-state index is 0.0590. The first-order valence-electron chi connectivity index (χ1n) is 18.4. The molecule has 0 heterocycles. The van der Waals surface area contributed by atoms with Gasteiger partial charge in [-0.3, -0.25) is 0 Å². The molecule has 0 saturated heterocycles. The molecular formula is C41H57NO7. The molecule has 0 fully saturated rings. The molecule has 0 radical (unpaired) electrons. The van der Waals surface area contributed by atoms with Gasteiger partial charge in [-0.15, -0.1) is 0 Å². The summed E-state index contributed by atoms with van der Waals surface area (Å²) in [5.74, 6) is 0.943. The van der Waals surface area contributed by atoms with Gasteiger partial charge in [0, 0.05) is 19.1 Å². The standard InChI is InChI=1S/C41H57NO7/c1-2-3-4-5-6-7-8-14-34-19-21-35(22-20-34)48-32-31-47-30-29-46-28-27-45-26-25-44-24-13-23-42-41(43)49-33-40-38-17-11-9-15-36(38)37-16-10-12-18-39(37)40/h9-12,15-22,40H,2-8,13-14,23-33H2,1H3,(H,42,43). The maximum Gasteiger partial charge on any atom is 0.407 e. The van der Waals surface area contributed by atoms with E-state index in [-0.39, 0.29) is 5.92 Å². The molecule has 0 aromatic heterocycles. The molecule has 1 aliphatic carbocycles. The van der Waals surface area contributed by atoms with Crippen molar-refractivity contribution in [1.29, 1.82) is 0 Å². The smallest absolute Gasteiger partial charge is 0.407 e. The highest BCUT2D eigenvalue weighted by atomic mass is 16.6. The number of alkyl carbamates (subject to hydrolysis) is 1. The van der Waals surface area contributed by atoms with E-state index in [9.17, 15) is 4.79 Å². The molecule has 8 heteroatoms. The second-order valence-electron chi connectivity index (χ2n) is 12.4. The van der Waals surface area contributed by atoms with Gasteiger partial charge in [0.25, 0.3) is 0 Å². The normalized spacial score (nSPS) is 12.1. The van der Waals surface area contributed by atoms with Gasteiger partial charge in [0.05, 0.1) is 46.2 Å². The zero-order valence-corrected chi connectivity index (χ0v) is 29.5. The second kappa shape index (κ2) is 23.8. The fourth-order valence-electron chi connectivity index (χ4n) is 6.03. The van der Waals surface area contributed by atoms with Gasteiger partial charge < -0.3 is 33.7 Å². The van der Waals surface area contributed by atoms with Gasteiger partial charge in [-0.25, -0.2) is 4.79 Å². The first kappa shape index (κ1) is 38.4. The number of carbonyl (C=O) groups excluding carboxylic acids is 1. The minimum Gasteiger partial charge on any atom is -0.491 e. The van der Waals surface area contributed by atoms with Crippen LogP contribution in [-0.2, 0) is 30.1 Å². The lowest BCUT2D eigenvalue weighted by molar-refractivity contribution is -0.00472. The third-order valence-electron chi connectivity index (χ3n) is 8.68. The van der Waals surface area contributed by atoms with E-state index in [0.717, 1.165) is 12.2 Å². The molecule has 1 aliphatic rings. The number of hydrogen-bond acceptors (Lipinski definition) is 7. The van der Waals surface area contributed by atoms with Crippen LogP contribution in [-0.4, -0.2) is 78.7 Å². The first-order valence-corrected chi connectivity index (χ1v) is 18.4. The van der Waals surface area contributed by atoms with Crippen LogP contribution in [0.2, 0.25) is 0 Å². The Labute approximate surface area is 293 Å². The lowest BCUT2D eigenvalue weighted by atomic mass is 9.98. The number of hydrogen-bond donors (Lipinski definition) is 1. The van der Waals surface area contributed by atoms with E-state index in [0.29, 0.717) is 79.0 Å². The average molecular weight is 676 g/mol. The Bertz CT molecular complexity index is 1270. The molecule has 0 unspecified atom stereocenters. The molecule has 0 saturated carbocycles. The SMILES string of the molecule is CCCCCCCCCc1ccc(OCCOCCOCCOCCOCCCNC(=O)OCC2c3ccccc3-c3ccccc32)cc1. The Balaban J connectivity index is 0.877. The lowest BCUT2D eigenvalue weighted by Gasteiger charge is -2.14. The Hall–Kier alpha value is -3.43. The Morgan fingerprint density at radius 1 is 0.592 bits per heavy atom. The van der Waals surface area contributed by atoms with Crippen molar-refractivity contribution in [2.75, 3.05) is 72.6 Å². The highest BCUT2D eigenvalue weighted by molar-refractivity contribution is 5.79. The van der Waals surface area contributed by atoms with Crippen LogP contribution in [0.1, 0.15) is 80.9 Å². The third-order valence-corrected chi connectivity index (χ3v) is 8.68. The van der Waals surface area contributed by atoms with Crippen LogP contribution >= 0.6 is 0 Å². The molecule has 0 atom stereocenters. The predicted octanol–water partition coefficient (Wildman–Crippen LogP) is 8.35. The molecule has 8 nitrogen and oxygen atoms in total. The Morgan fingerprint density at radius 2 is 1.12 bits per heavy atom. The van der Waals surface area contributed by atoms with Crippen molar-refractivity contribution in [2.45, 2.75) is 70.6 Å². The number of aryl methyl sites for hydroxylation is 1. The maximum atomic E-state index is 12.3. The summed E-state index contributed by atoms with van der Waals surface area (Å²) in [6.45, 7) is 7.70. The summed E-state index contributed by atoms with van der Waals surface area (Å²) in [7, 11) is 0. The summed E-state index contributed by atoms with van der Waals surface area (Å²) in [6, 6.07) is 25.1. The van der Waals surface area contributed by atoms with Crippen molar-refractivity contribution in [3.05, 3.63) is 89.5 Å². The van der Waals surface area contributed by atoms with Crippen molar-refractivity contribution in [2.24, 2.45) is 0 Å². The zero-order valence-electron chi connectivity index (χ0n) is 29.5. The van der Waals surface area contributed by atoms with Crippen molar-refractivity contribution in [3.63, 3.8) is 0 Å². The van der Waals surface area contributed by atoms with Gasteiger partial charge in [-0.05, 0) is 59.2 Å². The molecule has 268 valence electrons. The molecule has 3 aromatic carbocycles. The predicted molar refractivity (Wildman–Crippen MR) is 195 cm³/mol. The number of amides is 1. The second-order valence-corrected chi connectivity index (χ2v) is 12.4. The lowest BCUT2D eigenvalue weighted by Crippen LogP contribution is -2.27. The van der Waals surface area contributed by atoms with Gasteiger partial charge in [-0.2, -0.15) is 0 Å². The molecule has 1 amide bonds. The average Bonchev–Trinajstić information content (AvgIpc) is 3.45. The largest absolute Gasteiger partial charge is 0.491 e. The van der Waals surface area contributed by atoms with E-state index in [1.807, 2.05) is 24.3 Å².